The summed E-state index contributed by atoms with van der Waals surface area (Å²) in [5, 5.41) is 6.82. The van der Waals surface area contributed by atoms with Crippen LogP contribution in [-0.4, -0.2) is 55.8 Å². The quantitative estimate of drug-likeness (QED) is 0.513. The molecular formula is C22H36N4O3. The van der Waals surface area contributed by atoms with Crippen LogP contribution in [0.1, 0.15) is 46.1 Å². The third kappa shape index (κ3) is 7.83. The molecule has 1 aromatic rings. The average Bonchev–Trinajstić information content (AvgIpc) is 2.72. The summed E-state index contributed by atoms with van der Waals surface area (Å²) in [5.74, 6) is 2.16. The third-order valence-corrected chi connectivity index (χ3v) is 4.66. The van der Waals surface area contributed by atoms with Crippen molar-refractivity contribution in [1.29, 1.82) is 0 Å². The lowest BCUT2D eigenvalue weighted by atomic mass is 10.1. The second kappa shape index (κ2) is 12.2. The Kier molecular flexibility index (Phi) is 9.60. The minimum Gasteiger partial charge on any atom is -0.493 e. The molecule has 0 atom stereocenters. The first-order chi connectivity index (χ1) is 14.0. The van der Waals surface area contributed by atoms with Gasteiger partial charge in [-0.2, -0.15) is 0 Å². The Balaban J connectivity index is 1.93. The van der Waals surface area contributed by atoms with Gasteiger partial charge in [0.15, 0.2) is 5.96 Å². The lowest BCUT2D eigenvalue weighted by Gasteiger charge is -2.32. The molecule has 2 rings (SSSR count). The van der Waals surface area contributed by atoms with Crippen LogP contribution >= 0.6 is 0 Å². The molecule has 7 nitrogen and oxygen atoms in total. The van der Waals surface area contributed by atoms with Gasteiger partial charge in [-0.1, -0.05) is 32.0 Å². The molecule has 0 spiro atoms. The second-order valence-corrected chi connectivity index (χ2v) is 7.61. The zero-order chi connectivity index (χ0) is 21.1. The minimum absolute atomic E-state index is 0.218. The number of amides is 1. The molecule has 1 aromatic carbocycles. The van der Waals surface area contributed by atoms with Crippen molar-refractivity contribution >= 4 is 12.1 Å². The maximum Gasteiger partial charge on any atom is 0.409 e. The lowest BCUT2D eigenvalue weighted by Crippen LogP contribution is -2.49. The summed E-state index contributed by atoms with van der Waals surface area (Å²) in [6, 6.07) is 8.34. The zero-order valence-corrected chi connectivity index (χ0v) is 18.2. The first-order valence-corrected chi connectivity index (χ1v) is 10.7. The van der Waals surface area contributed by atoms with Crippen molar-refractivity contribution in [2.24, 2.45) is 10.9 Å². The van der Waals surface area contributed by atoms with Crippen molar-refractivity contribution in [2.45, 2.75) is 53.1 Å². The van der Waals surface area contributed by atoms with E-state index in [4.69, 9.17) is 14.5 Å². The van der Waals surface area contributed by atoms with Gasteiger partial charge in [-0.15, -0.1) is 0 Å². The van der Waals surface area contributed by atoms with Gasteiger partial charge in [0.25, 0.3) is 0 Å². The summed E-state index contributed by atoms with van der Waals surface area (Å²) in [6.07, 6.45) is 1.53. The van der Waals surface area contributed by atoms with Crippen molar-refractivity contribution in [3.8, 4) is 5.75 Å². The average molecular weight is 405 g/mol. The highest BCUT2D eigenvalue weighted by molar-refractivity contribution is 5.80. The van der Waals surface area contributed by atoms with Crippen molar-refractivity contribution in [3.05, 3.63) is 29.8 Å². The van der Waals surface area contributed by atoms with Crippen molar-refractivity contribution in [2.75, 3.05) is 32.8 Å². The highest BCUT2D eigenvalue weighted by Crippen LogP contribution is 2.19. The first kappa shape index (κ1) is 22.8. The first-order valence-electron chi connectivity index (χ1n) is 10.7. The number of aliphatic imine (C=N–C) groups is 1. The van der Waals surface area contributed by atoms with E-state index in [1.165, 1.54) is 0 Å². The molecule has 7 heteroatoms. The van der Waals surface area contributed by atoms with Gasteiger partial charge in [-0.25, -0.2) is 9.79 Å². The number of para-hydroxylation sites is 1. The standard InChI is InChI=1S/C22H36N4O3/c1-5-23-21(25-19-11-13-26(14-12-19)22(27)28-6-2)24-15-18-9-7-8-10-20(18)29-16-17(3)4/h7-10,17,19H,5-6,11-16H2,1-4H3,(H2,23,24,25). The van der Waals surface area contributed by atoms with E-state index in [2.05, 4.69) is 37.5 Å². The molecule has 0 saturated carbocycles. The summed E-state index contributed by atoms with van der Waals surface area (Å²) < 4.78 is 11.0. The molecule has 162 valence electrons. The molecular weight excluding hydrogens is 368 g/mol. The summed E-state index contributed by atoms with van der Waals surface area (Å²) in [4.78, 5) is 18.4. The summed E-state index contributed by atoms with van der Waals surface area (Å²) in [7, 11) is 0. The van der Waals surface area contributed by atoms with Crippen LogP contribution in [0.15, 0.2) is 29.3 Å². The third-order valence-electron chi connectivity index (χ3n) is 4.66. The van der Waals surface area contributed by atoms with Crippen LogP contribution in [0.2, 0.25) is 0 Å². The molecule has 0 aliphatic carbocycles. The van der Waals surface area contributed by atoms with E-state index < -0.39 is 0 Å². The Hall–Kier alpha value is -2.44. The molecule has 1 aliphatic rings. The Morgan fingerprint density at radius 3 is 2.62 bits per heavy atom. The Morgan fingerprint density at radius 2 is 1.97 bits per heavy atom. The van der Waals surface area contributed by atoms with E-state index in [9.17, 15) is 4.79 Å². The molecule has 0 unspecified atom stereocenters. The van der Waals surface area contributed by atoms with Crippen molar-refractivity contribution in [3.63, 3.8) is 0 Å². The Labute approximate surface area is 174 Å². The van der Waals surface area contributed by atoms with Crippen LogP contribution in [-0.2, 0) is 11.3 Å². The largest absolute Gasteiger partial charge is 0.493 e. The van der Waals surface area contributed by atoms with Gasteiger partial charge >= 0.3 is 6.09 Å². The minimum atomic E-state index is -0.218. The number of hydrogen-bond donors (Lipinski definition) is 2. The fraction of sp³-hybridized carbons (Fsp3) is 0.636. The number of guanidine groups is 1. The lowest BCUT2D eigenvalue weighted by molar-refractivity contribution is 0.0963. The topological polar surface area (TPSA) is 75.2 Å². The maximum atomic E-state index is 11.9. The van der Waals surface area contributed by atoms with Gasteiger partial charge < -0.3 is 25.0 Å². The van der Waals surface area contributed by atoms with E-state index in [1.54, 1.807) is 4.90 Å². The molecule has 1 aliphatic heterocycles. The van der Waals surface area contributed by atoms with Gasteiger partial charge in [0, 0.05) is 31.2 Å². The molecule has 0 bridgehead atoms. The molecule has 1 saturated heterocycles. The van der Waals surface area contributed by atoms with Gasteiger partial charge in [0.2, 0.25) is 0 Å². The fourth-order valence-corrected chi connectivity index (χ4v) is 3.13. The summed E-state index contributed by atoms with van der Waals surface area (Å²) in [6.45, 7) is 12.0. The summed E-state index contributed by atoms with van der Waals surface area (Å²) in [5.41, 5.74) is 1.07. The van der Waals surface area contributed by atoms with Gasteiger partial charge in [0.1, 0.15) is 5.75 Å². The van der Waals surface area contributed by atoms with Crippen molar-refractivity contribution < 1.29 is 14.3 Å². The Bertz CT molecular complexity index is 655. The number of carbonyl (C=O) groups excluding carboxylic acids is 1. The zero-order valence-electron chi connectivity index (χ0n) is 18.2. The van der Waals surface area contributed by atoms with E-state index >= 15 is 0 Å². The number of nitrogens with zero attached hydrogens (tertiary/aromatic N) is 2. The molecule has 29 heavy (non-hydrogen) atoms. The van der Waals surface area contributed by atoms with E-state index in [0.717, 1.165) is 36.7 Å². The Morgan fingerprint density at radius 1 is 1.24 bits per heavy atom. The molecule has 2 N–H and O–H groups in total. The molecule has 0 aromatic heterocycles. The predicted molar refractivity (Wildman–Crippen MR) is 116 cm³/mol. The highest BCUT2D eigenvalue weighted by Gasteiger charge is 2.24. The highest BCUT2D eigenvalue weighted by atomic mass is 16.6. The number of benzene rings is 1. The van der Waals surface area contributed by atoms with Crippen LogP contribution < -0.4 is 15.4 Å². The number of likely N-dealkylation sites (tertiary alicyclic amines) is 1. The number of piperidine rings is 1. The smallest absolute Gasteiger partial charge is 0.409 e. The molecule has 1 amide bonds. The van der Waals surface area contributed by atoms with Gasteiger partial charge in [-0.05, 0) is 38.7 Å². The number of carbonyl (C=O) groups is 1. The van der Waals surface area contributed by atoms with Crippen molar-refractivity contribution in [1.82, 2.24) is 15.5 Å². The normalized spacial score (nSPS) is 15.3. The molecule has 1 fully saturated rings. The number of ether oxygens (including phenoxy) is 2. The summed E-state index contributed by atoms with van der Waals surface area (Å²) >= 11 is 0. The number of nitrogens with one attached hydrogen (secondary N) is 2. The van der Waals surface area contributed by atoms with Crippen LogP contribution in [0.3, 0.4) is 0 Å². The van der Waals surface area contributed by atoms with Crippen LogP contribution in [0.25, 0.3) is 0 Å². The van der Waals surface area contributed by atoms with Gasteiger partial charge in [0.05, 0.1) is 19.8 Å². The van der Waals surface area contributed by atoms with Crippen LogP contribution in [0.5, 0.6) is 5.75 Å². The fourth-order valence-electron chi connectivity index (χ4n) is 3.13. The van der Waals surface area contributed by atoms with Crippen LogP contribution in [0, 0.1) is 5.92 Å². The maximum absolute atomic E-state index is 11.9. The number of rotatable bonds is 8. The van der Waals surface area contributed by atoms with E-state index in [1.807, 2.05) is 25.1 Å². The number of hydrogen-bond acceptors (Lipinski definition) is 4. The van der Waals surface area contributed by atoms with E-state index in [-0.39, 0.29) is 12.1 Å². The van der Waals surface area contributed by atoms with Gasteiger partial charge in [-0.3, -0.25) is 0 Å². The van der Waals surface area contributed by atoms with Crippen LogP contribution in [0.4, 0.5) is 4.79 Å². The predicted octanol–water partition coefficient (Wildman–Crippen LogP) is 3.40. The monoisotopic (exact) mass is 404 g/mol. The molecule has 1 heterocycles. The SMILES string of the molecule is CCNC(=NCc1ccccc1OCC(C)C)NC1CCN(C(=O)OCC)CC1. The molecule has 0 radical (unpaired) electrons. The second-order valence-electron chi connectivity index (χ2n) is 7.61. The van der Waals surface area contributed by atoms with E-state index in [0.29, 0.717) is 38.8 Å².